The Balaban J connectivity index is 2.73. The molecule has 0 spiro atoms. The maximum atomic E-state index is 12.8. The molecule has 0 fully saturated rings. The van der Waals surface area contributed by atoms with Crippen molar-refractivity contribution in [2.24, 2.45) is 0 Å². The minimum Gasteiger partial charge on any atom is -0.381 e. The van der Waals surface area contributed by atoms with E-state index in [0.717, 1.165) is 9.26 Å². The molecule has 0 radical (unpaired) electrons. The summed E-state index contributed by atoms with van der Waals surface area (Å²) >= 11 is 2.00. The predicted molar refractivity (Wildman–Crippen MR) is 71.9 cm³/mol. The number of anilines is 1. The van der Waals surface area contributed by atoms with Crippen molar-refractivity contribution in [3.63, 3.8) is 0 Å². The van der Waals surface area contributed by atoms with Crippen LogP contribution in [0.3, 0.4) is 0 Å². The van der Waals surface area contributed by atoms with Crippen LogP contribution in [0.15, 0.2) is 18.2 Å². The van der Waals surface area contributed by atoms with E-state index in [2.05, 4.69) is 5.32 Å². The maximum absolute atomic E-state index is 12.8. The summed E-state index contributed by atoms with van der Waals surface area (Å²) in [5, 5.41) is 3.04. The zero-order chi connectivity index (χ0) is 12.3. The van der Waals surface area contributed by atoms with Crippen molar-refractivity contribution in [1.29, 1.82) is 0 Å². The first kappa shape index (κ1) is 13.7. The van der Waals surface area contributed by atoms with E-state index < -0.39 is 9.84 Å². The van der Waals surface area contributed by atoms with E-state index >= 15 is 0 Å². The largest absolute Gasteiger partial charge is 0.381 e. The van der Waals surface area contributed by atoms with E-state index in [-0.39, 0.29) is 17.6 Å². The van der Waals surface area contributed by atoms with E-state index in [4.69, 9.17) is 0 Å². The molecule has 0 aliphatic rings. The van der Waals surface area contributed by atoms with E-state index in [1.165, 1.54) is 18.4 Å². The zero-order valence-corrected chi connectivity index (χ0v) is 12.0. The van der Waals surface area contributed by atoms with Gasteiger partial charge in [-0.15, -0.1) is 0 Å². The molecule has 0 amide bonds. The minimum absolute atomic E-state index is 0.0560. The fraction of sp³-hybridized carbons (Fsp3) is 0.400. The monoisotopic (exact) mass is 357 g/mol. The minimum atomic E-state index is -3.00. The summed E-state index contributed by atoms with van der Waals surface area (Å²) in [6, 6.07) is 4.15. The molecule has 1 rings (SSSR count). The van der Waals surface area contributed by atoms with Crippen LogP contribution >= 0.6 is 22.6 Å². The number of nitrogens with one attached hydrogen (secondary N) is 1. The van der Waals surface area contributed by atoms with Crippen molar-refractivity contribution < 1.29 is 12.8 Å². The second-order valence-electron chi connectivity index (χ2n) is 3.76. The molecule has 0 aliphatic carbocycles. The van der Waals surface area contributed by atoms with Gasteiger partial charge in [0.15, 0.2) is 0 Å². The summed E-state index contributed by atoms with van der Waals surface area (Å²) in [4.78, 5) is 0. The summed E-state index contributed by atoms with van der Waals surface area (Å²) in [6.07, 6.45) is 1.20. The number of rotatable bonds is 4. The van der Waals surface area contributed by atoms with Crippen LogP contribution in [0.2, 0.25) is 0 Å². The summed E-state index contributed by atoms with van der Waals surface area (Å²) < 4.78 is 35.7. The van der Waals surface area contributed by atoms with Gasteiger partial charge in [-0.3, -0.25) is 0 Å². The van der Waals surface area contributed by atoms with Crippen molar-refractivity contribution in [3.8, 4) is 0 Å². The van der Waals surface area contributed by atoms with Gasteiger partial charge in [0.05, 0.1) is 5.75 Å². The Hall–Kier alpha value is -0.370. The highest BCUT2D eigenvalue weighted by Gasteiger charge is 2.11. The molecule has 0 aliphatic heterocycles. The average molecular weight is 357 g/mol. The fourth-order valence-corrected chi connectivity index (χ4v) is 2.99. The van der Waals surface area contributed by atoms with E-state index in [9.17, 15) is 12.8 Å². The van der Waals surface area contributed by atoms with Crippen LogP contribution < -0.4 is 5.32 Å². The SMILES string of the molecule is CC(CS(C)(=O)=O)Nc1ccc(F)cc1I. The molecule has 16 heavy (non-hydrogen) atoms. The summed E-state index contributed by atoms with van der Waals surface area (Å²) in [5.41, 5.74) is 0.748. The van der Waals surface area contributed by atoms with Crippen LogP contribution in [-0.4, -0.2) is 26.5 Å². The predicted octanol–water partition coefficient (Wildman–Crippen LogP) is 2.28. The molecule has 0 saturated carbocycles. The van der Waals surface area contributed by atoms with Crippen molar-refractivity contribution >= 4 is 38.1 Å². The van der Waals surface area contributed by atoms with Crippen LogP contribution in [0.4, 0.5) is 10.1 Å². The normalized spacial score (nSPS) is 13.5. The number of halogens is 2. The maximum Gasteiger partial charge on any atom is 0.149 e. The number of hydrogen-bond donors (Lipinski definition) is 1. The van der Waals surface area contributed by atoms with Gasteiger partial charge in [0.25, 0.3) is 0 Å². The Morgan fingerprint density at radius 3 is 2.62 bits per heavy atom. The third-order valence-electron chi connectivity index (χ3n) is 1.89. The Morgan fingerprint density at radius 2 is 2.12 bits per heavy atom. The first-order chi connectivity index (χ1) is 7.28. The number of hydrogen-bond acceptors (Lipinski definition) is 3. The molecule has 3 nitrogen and oxygen atoms in total. The molecule has 0 aromatic heterocycles. The van der Waals surface area contributed by atoms with Gasteiger partial charge < -0.3 is 5.32 Å². The first-order valence-electron chi connectivity index (χ1n) is 4.67. The van der Waals surface area contributed by atoms with Crippen molar-refractivity contribution in [3.05, 3.63) is 27.6 Å². The third kappa shape index (κ3) is 4.65. The van der Waals surface area contributed by atoms with E-state index in [0.29, 0.717) is 0 Å². The second kappa shape index (κ2) is 5.31. The molecule has 1 atom stereocenters. The van der Waals surface area contributed by atoms with Gasteiger partial charge in [-0.2, -0.15) is 0 Å². The number of benzene rings is 1. The van der Waals surface area contributed by atoms with Gasteiger partial charge in [-0.1, -0.05) is 0 Å². The second-order valence-corrected chi connectivity index (χ2v) is 7.11. The van der Waals surface area contributed by atoms with Gasteiger partial charge >= 0.3 is 0 Å². The lowest BCUT2D eigenvalue weighted by molar-refractivity contribution is 0.597. The van der Waals surface area contributed by atoms with Gasteiger partial charge in [-0.05, 0) is 47.7 Å². The Bertz CT molecular complexity index is 476. The summed E-state index contributed by atoms with van der Waals surface area (Å²) in [5.74, 6) is -0.244. The topological polar surface area (TPSA) is 46.2 Å². The van der Waals surface area contributed by atoms with E-state index in [1.54, 1.807) is 13.0 Å². The smallest absolute Gasteiger partial charge is 0.149 e. The van der Waals surface area contributed by atoms with Crippen molar-refractivity contribution in [2.75, 3.05) is 17.3 Å². The van der Waals surface area contributed by atoms with Crippen LogP contribution in [0, 0.1) is 9.39 Å². The third-order valence-corrected chi connectivity index (χ3v) is 3.88. The average Bonchev–Trinajstić information content (AvgIpc) is 2.06. The highest BCUT2D eigenvalue weighted by molar-refractivity contribution is 14.1. The first-order valence-corrected chi connectivity index (χ1v) is 7.81. The van der Waals surface area contributed by atoms with Gasteiger partial charge in [0, 0.05) is 21.6 Å². The standard InChI is InChI=1S/C10H13FINO2S/c1-7(6-16(2,14)15)13-10-4-3-8(11)5-9(10)12/h3-5,7,13H,6H2,1-2H3. The lowest BCUT2D eigenvalue weighted by Gasteiger charge is -2.15. The molecule has 0 saturated heterocycles. The lowest BCUT2D eigenvalue weighted by atomic mass is 10.3. The van der Waals surface area contributed by atoms with Crippen LogP contribution in [0.1, 0.15) is 6.92 Å². The summed E-state index contributed by atoms with van der Waals surface area (Å²) in [7, 11) is -3.00. The van der Waals surface area contributed by atoms with Crippen molar-refractivity contribution in [2.45, 2.75) is 13.0 Å². The van der Waals surface area contributed by atoms with Crippen molar-refractivity contribution in [1.82, 2.24) is 0 Å². The summed E-state index contributed by atoms with van der Waals surface area (Å²) in [6.45, 7) is 1.78. The molecule has 1 aromatic carbocycles. The molecule has 0 bridgehead atoms. The molecule has 1 N–H and O–H groups in total. The van der Waals surface area contributed by atoms with Gasteiger partial charge in [0.1, 0.15) is 15.7 Å². The highest BCUT2D eigenvalue weighted by atomic mass is 127. The van der Waals surface area contributed by atoms with Crippen LogP contribution in [0.25, 0.3) is 0 Å². The van der Waals surface area contributed by atoms with Gasteiger partial charge in [0.2, 0.25) is 0 Å². The lowest BCUT2D eigenvalue weighted by Crippen LogP contribution is -2.25. The molecule has 90 valence electrons. The van der Waals surface area contributed by atoms with Crippen LogP contribution in [0.5, 0.6) is 0 Å². The number of sulfone groups is 1. The fourth-order valence-electron chi connectivity index (χ4n) is 1.37. The quantitative estimate of drug-likeness (QED) is 0.841. The molecular formula is C10H13FINO2S. The van der Waals surface area contributed by atoms with Gasteiger partial charge in [-0.25, -0.2) is 12.8 Å². The molecule has 1 unspecified atom stereocenters. The Kier molecular flexibility index (Phi) is 4.54. The zero-order valence-electron chi connectivity index (χ0n) is 9.00. The Morgan fingerprint density at radius 1 is 1.50 bits per heavy atom. The molecule has 0 heterocycles. The molecule has 6 heteroatoms. The van der Waals surface area contributed by atoms with E-state index in [1.807, 2.05) is 22.6 Å². The molecule has 1 aromatic rings. The Labute approximate surface area is 108 Å². The molecular weight excluding hydrogens is 344 g/mol. The van der Waals surface area contributed by atoms with Crippen LogP contribution in [-0.2, 0) is 9.84 Å². The highest BCUT2D eigenvalue weighted by Crippen LogP contribution is 2.19.